The smallest absolute Gasteiger partial charge is 0.287 e. The number of para-hydroxylation sites is 2. The van der Waals surface area contributed by atoms with Crippen molar-refractivity contribution >= 4 is 28.3 Å². The van der Waals surface area contributed by atoms with E-state index >= 15 is 0 Å². The normalized spacial score (nSPS) is 20.0. The van der Waals surface area contributed by atoms with Gasteiger partial charge >= 0.3 is 0 Å². The van der Waals surface area contributed by atoms with Crippen molar-refractivity contribution in [3.63, 3.8) is 0 Å². The fraction of sp³-hybridized carbons (Fsp3) is 0.217. The van der Waals surface area contributed by atoms with Crippen LogP contribution >= 0.6 is 0 Å². The molecule has 1 amide bonds. The van der Waals surface area contributed by atoms with Gasteiger partial charge in [0, 0.05) is 22.9 Å². The number of furan rings is 1. The Morgan fingerprint density at radius 2 is 2.00 bits per heavy atom. The maximum absolute atomic E-state index is 12.8. The fourth-order valence-corrected chi connectivity index (χ4v) is 3.61. The van der Waals surface area contributed by atoms with Crippen LogP contribution in [-0.2, 0) is 0 Å². The predicted octanol–water partition coefficient (Wildman–Crippen LogP) is 4.64. The van der Waals surface area contributed by atoms with Crippen LogP contribution in [0.2, 0.25) is 0 Å². The molecule has 4 rings (SSSR count). The standard InChI is InChI=1S/C23H23N3O2/c1-15-7-2-4-9-18(15)25-19-10-6-11-20(17(19)14-24)26-23(27)22-13-16-8-3-5-12-21(16)28-22/h2-5,7-9,12-14,20H,6,10-11,24H2,1H3,(H,26,27). The second-order valence-electron chi connectivity index (χ2n) is 7.03. The molecule has 142 valence electrons. The Balaban J connectivity index is 1.57. The van der Waals surface area contributed by atoms with E-state index in [4.69, 9.17) is 15.1 Å². The van der Waals surface area contributed by atoms with Gasteiger partial charge in [0.25, 0.3) is 5.91 Å². The minimum absolute atomic E-state index is 0.178. The Bertz CT molecular complexity index is 1050. The Kier molecular flexibility index (Phi) is 4.98. The van der Waals surface area contributed by atoms with E-state index in [1.807, 2.05) is 55.5 Å². The molecule has 0 saturated heterocycles. The van der Waals surface area contributed by atoms with E-state index in [9.17, 15) is 4.79 Å². The summed E-state index contributed by atoms with van der Waals surface area (Å²) in [4.78, 5) is 17.6. The van der Waals surface area contributed by atoms with Crippen LogP contribution < -0.4 is 11.1 Å². The van der Waals surface area contributed by atoms with E-state index < -0.39 is 0 Å². The minimum atomic E-state index is -0.238. The van der Waals surface area contributed by atoms with E-state index in [0.29, 0.717) is 11.3 Å². The first kappa shape index (κ1) is 18.0. The minimum Gasteiger partial charge on any atom is -0.451 e. The summed E-state index contributed by atoms with van der Waals surface area (Å²) in [6, 6.07) is 17.2. The topological polar surface area (TPSA) is 80.6 Å². The molecule has 2 aromatic carbocycles. The molecule has 1 fully saturated rings. The first-order valence-electron chi connectivity index (χ1n) is 9.50. The highest BCUT2D eigenvalue weighted by molar-refractivity contribution is 6.04. The van der Waals surface area contributed by atoms with Crippen LogP contribution in [0.25, 0.3) is 11.0 Å². The quantitative estimate of drug-likeness (QED) is 0.702. The van der Waals surface area contributed by atoms with Crippen molar-refractivity contribution in [2.75, 3.05) is 0 Å². The zero-order chi connectivity index (χ0) is 19.5. The van der Waals surface area contributed by atoms with Crippen LogP contribution in [0.15, 0.2) is 75.8 Å². The Morgan fingerprint density at radius 3 is 2.79 bits per heavy atom. The van der Waals surface area contributed by atoms with Crippen LogP contribution in [0.3, 0.4) is 0 Å². The number of hydrogen-bond donors (Lipinski definition) is 2. The molecule has 0 radical (unpaired) electrons. The zero-order valence-corrected chi connectivity index (χ0v) is 15.8. The molecule has 28 heavy (non-hydrogen) atoms. The van der Waals surface area contributed by atoms with E-state index in [1.54, 1.807) is 12.3 Å². The summed E-state index contributed by atoms with van der Waals surface area (Å²) in [6.45, 7) is 2.04. The van der Waals surface area contributed by atoms with Gasteiger partial charge in [-0.2, -0.15) is 0 Å². The summed E-state index contributed by atoms with van der Waals surface area (Å²) in [6.07, 6.45) is 4.17. The van der Waals surface area contributed by atoms with Crippen molar-refractivity contribution < 1.29 is 9.21 Å². The average Bonchev–Trinajstić information content (AvgIpc) is 3.14. The maximum atomic E-state index is 12.8. The van der Waals surface area contributed by atoms with E-state index in [0.717, 1.165) is 47.2 Å². The van der Waals surface area contributed by atoms with Crippen molar-refractivity contribution in [3.05, 3.63) is 77.7 Å². The number of rotatable bonds is 3. The number of benzene rings is 2. The number of aliphatic imine (C=N–C) groups is 1. The van der Waals surface area contributed by atoms with Gasteiger partial charge in [-0.3, -0.25) is 9.79 Å². The fourth-order valence-electron chi connectivity index (χ4n) is 3.61. The van der Waals surface area contributed by atoms with Crippen LogP contribution in [0.5, 0.6) is 0 Å². The lowest BCUT2D eigenvalue weighted by molar-refractivity contribution is 0.0915. The van der Waals surface area contributed by atoms with Gasteiger partial charge in [0.15, 0.2) is 5.76 Å². The highest BCUT2D eigenvalue weighted by atomic mass is 16.3. The molecule has 1 unspecified atom stereocenters. The number of amides is 1. The van der Waals surface area contributed by atoms with Crippen LogP contribution in [0, 0.1) is 6.92 Å². The van der Waals surface area contributed by atoms with Gasteiger partial charge in [-0.05, 0) is 49.9 Å². The van der Waals surface area contributed by atoms with Gasteiger partial charge in [-0.1, -0.05) is 36.4 Å². The highest BCUT2D eigenvalue weighted by Crippen LogP contribution is 2.27. The number of aryl methyl sites for hydroxylation is 1. The van der Waals surface area contributed by atoms with E-state index in [1.165, 1.54) is 0 Å². The molecular formula is C23H23N3O2. The number of nitrogens with two attached hydrogens (primary N) is 1. The van der Waals surface area contributed by atoms with Crippen LogP contribution in [0.1, 0.15) is 35.4 Å². The lowest BCUT2D eigenvalue weighted by Crippen LogP contribution is -2.41. The van der Waals surface area contributed by atoms with Crippen molar-refractivity contribution in [1.82, 2.24) is 5.32 Å². The lowest BCUT2D eigenvalue weighted by Gasteiger charge is -2.27. The molecule has 1 aliphatic rings. The summed E-state index contributed by atoms with van der Waals surface area (Å²) in [7, 11) is 0. The molecule has 5 heteroatoms. The Hall–Kier alpha value is -3.34. The van der Waals surface area contributed by atoms with Gasteiger partial charge < -0.3 is 15.5 Å². The van der Waals surface area contributed by atoms with Gasteiger partial charge in [0.1, 0.15) is 5.58 Å². The summed E-state index contributed by atoms with van der Waals surface area (Å²) in [5.41, 5.74) is 10.5. The third-order valence-corrected chi connectivity index (χ3v) is 5.12. The molecule has 1 aliphatic carbocycles. The van der Waals surface area contributed by atoms with E-state index in [2.05, 4.69) is 5.32 Å². The largest absolute Gasteiger partial charge is 0.451 e. The van der Waals surface area contributed by atoms with Gasteiger partial charge in [-0.15, -0.1) is 0 Å². The van der Waals surface area contributed by atoms with Crippen LogP contribution in [0.4, 0.5) is 5.69 Å². The number of carbonyl (C=O) groups excluding carboxylic acids is 1. The lowest BCUT2D eigenvalue weighted by atomic mass is 9.88. The average molecular weight is 373 g/mol. The second kappa shape index (κ2) is 7.72. The number of carbonyl (C=O) groups is 1. The Morgan fingerprint density at radius 1 is 1.21 bits per heavy atom. The predicted molar refractivity (Wildman–Crippen MR) is 112 cm³/mol. The van der Waals surface area contributed by atoms with Crippen molar-refractivity contribution in [2.45, 2.75) is 32.2 Å². The number of nitrogens with one attached hydrogen (secondary N) is 1. The first-order chi connectivity index (χ1) is 13.7. The molecule has 0 bridgehead atoms. The van der Waals surface area contributed by atoms with Crippen molar-refractivity contribution in [3.8, 4) is 0 Å². The maximum Gasteiger partial charge on any atom is 0.287 e. The molecule has 0 aliphatic heterocycles. The monoisotopic (exact) mass is 373 g/mol. The third-order valence-electron chi connectivity index (χ3n) is 5.12. The molecule has 3 N–H and O–H groups in total. The zero-order valence-electron chi connectivity index (χ0n) is 15.8. The molecular weight excluding hydrogens is 350 g/mol. The number of fused-ring (bicyclic) bond motifs is 1. The molecule has 1 atom stereocenters. The molecule has 1 aromatic heterocycles. The van der Waals surface area contributed by atoms with Crippen molar-refractivity contribution in [2.24, 2.45) is 10.7 Å². The molecule has 1 saturated carbocycles. The molecule has 5 nitrogen and oxygen atoms in total. The second-order valence-corrected chi connectivity index (χ2v) is 7.03. The molecule has 0 spiro atoms. The van der Waals surface area contributed by atoms with Crippen molar-refractivity contribution in [1.29, 1.82) is 0 Å². The summed E-state index contributed by atoms with van der Waals surface area (Å²) >= 11 is 0. The molecule has 1 heterocycles. The Labute approximate surface area is 164 Å². The summed E-state index contributed by atoms with van der Waals surface area (Å²) < 4.78 is 5.69. The number of hydrogen-bond acceptors (Lipinski definition) is 4. The number of nitrogens with zero attached hydrogens (tertiary/aromatic N) is 1. The molecule has 3 aromatic rings. The summed E-state index contributed by atoms with van der Waals surface area (Å²) in [5, 5.41) is 3.98. The van der Waals surface area contributed by atoms with E-state index in [-0.39, 0.29) is 11.9 Å². The highest BCUT2D eigenvalue weighted by Gasteiger charge is 2.27. The van der Waals surface area contributed by atoms with Crippen LogP contribution in [-0.4, -0.2) is 17.7 Å². The third kappa shape index (κ3) is 3.56. The van der Waals surface area contributed by atoms with Gasteiger partial charge in [0.05, 0.1) is 11.7 Å². The summed E-state index contributed by atoms with van der Waals surface area (Å²) in [5.74, 6) is 0.0678. The van der Waals surface area contributed by atoms with Gasteiger partial charge in [0.2, 0.25) is 0 Å². The van der Waals surface area contributed by atoms with Gasteiger partial charge in [-0.25, -0.2) is 0 Å². The first-order valence-corrected chi connectivity index (χ1v) is 9.50. The SMILES string of the molecule is Cc1ccccc1N=C1CCCC(NC(=O)c2cc3ccccc3o2)C1=CN.